The summed E-state index contributed by atoms with van der Waals surface area (Å²) in [4.78, 5) is 13.8. The highest BCUT2D eigenvalue weighted by Gasteiger charge is 2.40. The molecule has 1 saturated heterocycles. The monoisotopic (exact) mass is 228 g/mol. The minimum atomic E-state index is -0.238. The molecule has 1 atom stereocenters. The van der Waals surface area contributed by atoms with Crippen molar-refractivity contribution < 1.29 is 4.79 Å². The van der Waals surface area contributed by atoms with Gasteiger partial charge in [0.1, 0.15) is 0 Å². The molecular formula is C11H20N2OS. The maximum Gasteiger partial charge on any atom is 0.239 e. The molecular weight excluding hydrogens is 208 g/mol. The first-order valence-electron chi connectivity index (χ1n) is 5.76. The van der Waals surface area contributed by atoms with Crippen LogP contribution in [0.2, 0.25) is 0 Å². The maximum atomic E-state index is 11.9. The van der Waals surface area contributed by atoms with Gasteiger partial charge in [-0.15, -0.1) is 0 Å². The average molecular weight is 228 g/mol. The smallest absolute Gasteiger partial charge is 0.239 e. The lowest BCUT2D eigenvalue weighted by atomic mass is 9.83. The number of likely N-dealkylation sites (tertiary alicyclic amines) is 1. The second kappa shape index (κ2) is 4.34. The Morgan fingerprint density at radius 1 is 1.53 bits per heavy atom. The summed E-state index contributed by atoms with van der Waals surface area (Å²) >= 11 is 1.92. The van der Waals surface area contributed by atoms with Crippen molar-refractivity contribution in [2.24, 2.45) is 5.73 Å². The number of nitrogens with two attached hydrogens (primary N) is 1. The number of amides is 1. The highest BCUT2D eigenvalue weighted by atomic mass is 32.2. The number of hydrogen-bond donors (Lipinski definition) is 1. The van der Waals surface area contributed by atoms with Crippen molar-refractivity contribution in [2.75, 3.05) is 19.3 Å². The van der Waals surface area contributed by atoms with E-state index in [1.165, 1.54) is 19.3 Å². The van der Waals surface area contributed by atoms with Gasteiger partial charge < -0.3 is 10.6 Å². The summed E-state index contributed by atoms with van der Waals surface area (Å²) in [5.41, 5.74) is 5.79. The van der Waals surface area contributed by atoms with E-state index in [4.69, 9.17) is 5.73 Å². The first kappa shape index (κ1) is 11.3. The van der Waals surface area contributed by atoms with Gasteiger partial charge in [0.15, 0.2) is 0 Å². The highest BCUT2D eigenvalue weighted by molar-refractivity contribution is 8.00. The number of carbonyl (C=O) groups excluding carboxylic acids is 1. The number of piperidine rings is 1. The third-order valence-corrected chi connectivity index (χ3v) is 5.15. The van der Waals surface area contributed by atoms with E-state index in [2.05, 4.69) is 6.26 Å². The number of hydrogen-bond acceptors (Lipinski definition) is 3. The molecule has 86 valence electrons. The van der Waals surface area contributed by atoms with Gasteiger partial charge >= 0.3 is 0 Å². The van der Waals surface area contributed by atoms with Crippen LogP contribution in [-0.2, 0) is 4.79 Å². The third-order valence-electron chi connectivity index (χ3n) is 3.75. The fraction of sp³-hybridized carbons (Fsp3) is 0.909. The van der Waals surface area contributed by atoms with E-state index < -0.39 is 0 Å². The van der Waals surface area contributed by atoms with Crippen LogP contribution >= 0.6 is 11.8 Å². The molecule has 1 aliphatic heterocycles. The van der Waals surface area contributed by atoms with E-state index in [-0.39, 0.29) is 11.9 Å². The zero-order chi connectivity index (χ0) is 10.9. The van der Waals surface area contributed by atoms with Gasteiger partial charge in [0.25, 0.3) is 0 Å². The van der Waals surface area contributed by atoms with Crippen LogP contribution in [0.25, 0.3) is 0 Å². The Hall–Kier alpha value is -0.220. The van der Waals surface area contributed by atoms with Gasteiger partial charge in [-0.25, -0.2) is 0 Å². The van der Waals surface area contributed by atoms with Crippen LogP contribution in [-0.4, -0.2) is 40.9 Å². The van der Waals surface area contributed by atoms with Gasteiger partial charge in [-0.2, -0.15) is 11.8 Å². The lowest BCUT2D eigenvalue weighted by Crippen LogP contribution is -2.54. The second-order valence-electron chi connectivity index (χ2n) is 4.75. The summed E-state index contributed by atoms with van der Waals surface area (Å²) in [5.74, 6) is 0.168. The van der Waals surface area contributed by atoms with E-state index in [0.717, 1.165) is 25.9 Å². The van der Waals surface area contributed by atoms with Crippen molar-refractivity contribution in [3.8, 4) is 0 Å². The van der Waals surface area contributed by atoms with Crippen LogP contribution in [0.5, 0.6) is 0 Å². The predicted molar refractivity (Wildman–Crippen MR) is 63.9 cm³/mol. The largest absolute Gasteiger partial charge is 0.340 e. The molecule has 1 saturated carbocycles. The van der Waals surface area contributed by atoms with Crippen LogP contribution < -0.4 is 5.73 Å². The Morgan fingerprint density at radius 3 is 2.80 bits per heavy atom. The normalized spacial score (nSPS) is 30.1. The zero-order valence-corrected chi connectivity index (χ0v) is 10.2. The van der Waals surface area contributed by atoms with Crippen LogP contribution in [0.1, 0.15) is 32.1 Å². The van der Waals surface area contributed by atoms with Crippen molar-refractivity contribution in [3.05, 3.63) is 0 Å². The molecule has 0 aromatic carbocycles. The number of nitrogens with zero attached hydrogens (tertiary/aromatic N) is 1. The van der Waals surface area contributed by atoms with E-state index in [1.807, 2.05) is 16.7 Å². The summed E-state index contributed by atoms with van der Waals surface area (Å²) in [6.07, 6.45) is 7.92. The van der Waals surface area contributed by atoms with Crippen molar-refractivity contribution in [1.29, 1.82) is 0 Å². The lowest BCUT2D eigenvalue weighted by molar-refractivity contribution is -0.135. The van der Waals surface area contributed by atoms with Crippen molar-refractivity contribution >= 4 is 17.7 Å². The van der Waals surface area contributed by atoms with E-state index in [1.54, 1.807) is 0 Å². The topological polar surface area (TPSA) is 46.3 Å². The zero-order valence-electron chi connectivity index (χ0n) is 9.37. The number of thioether (sulfide) groups is 1. The molecule has 0 bridgehead atoms. The molecule has 0 spiro atoms. The quantitative estimate of drug-likeness (QED) is 0.790. The summed E-state index contributed by atoms with van der Waals surface area (Å²) in [7, 11) is 0. The molecule has 2 aliphatic rings. The second-order valence-corrected chi connectivity index (χ2v) is 6.02. The Bertz CT molecular complexity index is 247. The first-order chi connectivity index (χ1) is 7.17. The van der Waals surface area contributed by atoms with E-state index >= 15 is 0 Å². The van der Waals surface area contributed by atoms with E-state index in [9.17, 15) is 4.79 Å². The molecule has 0 radical (unpaired) electrons. The molecule has 1 heterocycles. The molecule has 15 heavy (non-hydrogen) atoms. The summed E-state index contributed by atoms with van der Waals surface area (Å²) in [6.45, 7) is 1.83. The SMILES string of the molecule is CSC1(CN2CCCC(N)C2=O)CCC1. The standard InChI is InChI=1S/C11H20N2OS/c1-15-11(5-3-6-11)8-13-7-2-4-9(12)10(13)14/h9H,2-8,12H2,1H3. The van der Waals surface area contributed by atoms with E-state index in [0.29, 0.717) is 4.75 Å². The molecule has 2 rings (SSSR count). The van der Waals surface area contributed by atoms with Gasteiger partial charge in [0.05, 0.1) is 6.04 Å². The van der Waals surface area contributed by atoms with Crippen LogP contribution in [0.4, 0.5) is 0 Å². The van der Waals surface area contributed by atoms with Crippen LogP contribution in [0, 0.1) is 0 Å². The molecule has 2 fully saturated rings. The maximum absolute atomic E-state index is 11.9. The first-order valence-corrected chi connectivity index (χ1v) is 6.99. The minimum absolute atomic E-state index is 0.168. The summed E-state index contributed by atoms with van der Waals surface area (Å²) < 4.78 is 0.354. The van der Waals surface area contributed by atoms with Crippen LogP contribution in [0.15, 0.2) is 0 Å². The minimum Gasteiger partial charge on any atom is -0.340 e. The molecule has 1 unspecified atom stereocenters. The van der Waals surface area contributed by atoms with Crippen molar-refractivity contribution in [2.45, 2.75) is 42.9 Å². The Kier molecular flexibility index (Phi) is 3.26. The lowest BCUT2D eigenvalue weighted by Gasteiger charge is -2.45. The molecule has 2 N–H and O–H groups in total. The summed E-state index contributed by atoms with van der Waals surface area (Å²) in [5, 5.41) is 0. The fourth-order valence-corrected chi connectivity index (χ4v) is 3.45. The molecule has 4 heteroatoms. The Labute approximate surface area is 95.8 Å². The molecule has 1 aliphatic carbocycles. The van der Waals surface area contributed by atoms with Gasteiger partial charge in [0.2, 0.25) is 5.91 Å². The highest BCUT2D eigenvalue weighted by Crippen LogP contribution is 2.43. The predicted octanol–water partition coefficient (Wildman–Crippen LogP) is 1.22. The van der Waals surface area contributed by atoms with Gasteiger partial charge in [-0.05, 0) is 31.9 Å². The molecule has 3 nitrogen and oxygen atoms in total. The Balaban J connectivity index is 1.95. The fourth-order valence-electron chi connectivity index (χ4n) is 2.47. The Morgan fingerprint density at radius 2 is 2.27 bits per heavy atom. The molecule has 0 aromatic rings. The molecule has 1 amide bonds. The van der Waals surface area contributed by atoms with Crippen molar-refractivity contribution in [3.63, 3.8) is 0 Å². The van der Waals surface area contributed by atoms with Gasteiger partial charge in [-0.1, -0.05) is 6.42 Å². The average Bonchev–Trinajstić information content (AvgIpc) is 2.18. The van der Waals surface area contributed by atoms with Crippen LogP contribution in [0.3, 0.4) is 0 Å². The third kappa shape index (κ3) is 2.16. The summed E-state index contributed by atoms with van der Waals surface area (Å²) in [6, 6.07) is -0.238. The molecule has 0 aromatic heterocycles. The van der Waals surface area contributed by atoms with Gasteiger partial charge in [-0.3, -0.25) is 4.79 Å². The van der Waals surface area contributed by atoms with Gasteiger partial charge in [0, 0.05) is 17.8 Å². The number of rotatable bonds is 3. The van der Waals surface area contributed by atoms with Crippen molar-refractivity contribution in [1.82, 2.24) is 4.90 Å². The number of carbonyl (C=O) groups is 1.